The van der Waals surface area contributed by atoms with E-state index in [4.69, 9.17) is 22.6 Å². The summed E-state index contributed by atoms with van der Waals surface area (Å²) in [6, 6.07) is 9.45. The molecule has 0 heterocycles. The quantitative estimate of drug-likeness (QED) is 0.799. The molecule has 0 saturated carbocycles. The molecule has 21 heavy (non-hydrogen) atoms. The van der Waals surface area contributed by atoms with Crippen LogP contribution < -0.4 is 11.1 Å². The lowest BCUT2D eigenvalue weighted by atomic mass is 10.1. The lowest BCUT2D eigenvalue weighted by Crippen LogP contribution is -2.06. The minimum atomic E-state index is -4.47. The molecule has 0 aromatic heterocycles. The number of nitrogen functional groups attached to an aromatic ring is 1. The van der Waals surface area contributed by atoms with Crippen LogP contribution in [0.3, 0.4) is 0 Å². The molecule has 0 bridgehead atoms. The Morgan fingerprint density at radius 1 is 1.14 bits per heavy atom. The number of nitriles is 1. The zero-order chi connectivity index (χ0) is 15.6. The van der Waals surface area contributed by atoms with Gasteiger partial charge in [0.2, 0.25) is 0 Å². The molecule has 0 saturated heterocycles. The molecule has 2 rings (SSSR count). The number of alkyl halides is 3. The summed E-state index contributed by atoms with van der Waals surface area (Å²) in [5.41, 5.74) is 5.69. The van der Waals surface area contributed by atoms with Gasteiger partial charge in [-0.1, -0.05) is 17.7 Å². The van der Waals surface area contributed by atoms with Gasteiger partial charge in [-0.05, 0) is 30.3 Å². The average Bonchev–Trinajstić information content (AvgIpc) is 2.42. The molecule has 7 heteroatoms. The topological polar surface area (TPSA) is 61.8 Å². The Hall–Kier alpha value is -2.39. The molecule has 0 spiro atoms. The zero-order valence-electron chi connectivity index (χ0n) is 10.5. The van der Waals surface area contributed by atoms with Gasteiger partial charge in [0, 0.05) is 0 Å². The first kappa shape index (κ1) is 15.0. The van der Waals surface area contributed by atoms with Gasteiger partial charge in [-0.3, -0.25) is 0 Å². The van der Waals surface area contributed by atoms with Crippen LogP contribution in [0.5, 0.6) is 0 Å². The third-order valence-electron chi connectivity index (χ3n) is 2.79. The first-order chi connectivity index (χ1) is 9.82. The summed E-state index contributed by atoms with van der Waals surface area (Å²) in [4.78, 5) is 0. The number of anilines is 3. The van der Waals surface area contributed by atoms with Gasteiger partial charge in [0.25, 0.3) is 0 Å². The van der Waals surface area contributed by atoms with Crippen LogP contribution in [-0.4, -0.2) is 0 Å². The van der Waals surface area contributed by atoms with E-state index in [1.807, 2.05) is 6.07 Å². The molecule has 0 fully saturated rings. The second-order valence-corrected chi connectivity index (χ2v) is 4.60. The molecular weight excluding hydrogens is 303 g/mol. The van der Waals surface area contributed by atoms with Crippen molar-refractivity contribution in [2.45, 2.75) is 6.18 Å². The SMILES string of the molecule is N#Cc1cccc(Nc2cc(C(F)(F)F)ccc2Cl)c1N. The molecule has 2 aromatic rings. The highest BCUT2D eigenvalue weighted by molar-refractivity contribution is 6.33. The number of hydrogen-bond acceptors (Lipinski definition) is 3. The fraction of sp³-hybridized carbons (Fsp3) is 0.0714. The van der Waals surface area contributed by atoms with Gasteiger partial charge in [-0.25, -0.2) is 0 Å². The van der Waals surface area contributed by atoms with E-state index in [9.17, 15) is 13.2 Å². The van der Waals surface area contributed by atoms with Crippen molar-refractivity contribution in [3.63, 3.8) is 0 Å². The smallest absolute Gasteiger partial charge is 0.396 e. The number of hydrogen-bond donors (Lipinski definition) is 2. The van der Waals surface area contributed by atoms with Gasteiger partial charge in [-0.15, -0.1) is 0 Å². The lowest BCUT2D eigenvalue weighted by molar-refractivity contribution is -0.137. The number of nitrogens with zero attached hydrogens (tertiary/aromatic N) is 1. The number of halogens is 4. The molecule has 0 aliphatic heterocycles. The van der Waals surface area contributed by atoms with E-state index in [2.05, 4.69) is 5.32 Å². The van der Waals surface area contributed by atoms with Crippen molar-refractivity contribution in [2.24, 2.45) is 0 Å². The van der Waals surface area contributed by atoms with E-state index >= 15 is 0 Å². The maximum atomic E-state index is 12.7. The summed E-state index contributed by atoms with van der Waals surface area (Å²) >= 11 is 5.89. The molecule has 0 atom stereocenters. The van der Waals surface area contributed by atoms with Crippen LogP contribution >= 0.6 is 11.6 Å². The van der Waals surface area contributed by atoms with Gasteiger partial charge >= 0.3 is 6.18 Å². The molecule has 0 aliphatic rings. The van der Waals surface area contributed by atoms with Crippen molar-refractivity contribution in [3.8, 4) is 6.07 Å². The predicted octanol–water partition coefficient (Wildman–Crippen LogP) is 4.56. The van der Waals surface area contributed by atoms with Crippen molar-refractivity contribution >= 4 is 28.7 Å². The summed E-state index contributed by atoms with van der Waals surface area (Å²) in [6.07, 6.45) is -4.47. The Kier molecular flexibility index (Phi) is 3.96. The first-order valence-electron chi connectivity index (χ1n) is 5.75. The van der Waals surface area contributed by atoms with E-state index in [1.54, 1.807) is 12.1 Å². The van der Waals surface area contributed by atoms with E-state index in [0.717, 1.165) is 18.2 Å². The lowest BCUT2D eigenvalue weighted by Gasteiger charge is -2.14. The van der Waals surface area contributed by atoms with Crippen molar-refractivity contribution in [3.05, 3.63) is 52.5 Å². The number of rotatable bonds is 2. The van der Waals surface area contributed by atoms with E-state index < -0.39 is 11.7 Å². The summed E-state index contributed by atoms with van der Waals surface area (Å²) in [6.45, 7) is 0. The zero-order valence-corrected chi connectivity index (χ0v) is 11.3. The molecular formula is C14H9ClF3N3. The number of nitrogens with one attached hydrogen (secondary N) is 1. The minimum absolute atomic E-state index is 0.0632. The van der Waals surface area contributed by atoms with Crippen LogP contribution in [0.2, 0.25) is 5.02 Å². The second kappa shape index (κ2) is 5.54. The number of benzene rings is 2. The molecule has 0 aliphatic carbocycles. The van der Waals surface area contributed by atoms with Crippen LogP contribution in [0.25, 0.3) is 0 Å². The van der Waals surface area contributed by atoms with Gasteiger partial charge in [0.05, 0.1) is 33.2 Å². The van der Waals surface area contributed by atoms with Gasteiger partial charge in [0.15, 0.2) is 0 Å². The normalized spacial score (nSPS) is 11.0. The molecule has 3 N–H and O–H groups in total. The Bertz CT molecular complexity index is 720. The highest BCUT2D eigenvalue weighted by atomic mass is 35.5. The maximum absolute atomic E-state index is 12.7. The maximum Gasteiger partial charge on any atom is 0.416 e. The highest BCUT2D eigenvalue weighted by Crippen LogP contribution is 2.36. The minimum Gasteiger partial charge on any atom is -0.396 e. The molecule has 108 valence electrons. The fourth-order valence-electron chi connectivity index (χ4n) is 1.71. The average molecular weight is 312 g/mol. The summed E-state index contributed by atoms with van der Waals surface area (Å²) in [5, 5.41) is 11.7. The molecule has 3 nitrogen and oxygen atoms in total. The van der Waals surface area contributed by atoms with Crippen molar-refractivity contribution in [1.82, 2.24) is 0 Å². The van der Waals surface area contributed by atoms with Crippen molar-refractivity contribution in [2.75, 3.05) is 11.1 Å². The monoisotopic (exact) mass is 311 g/mol. The first-order valence-corrected chi connectivity index (χ1v) is 6.13. The van der Waals surface area contributed by atoms with Gasteiger partial charge in [-0.2, -0.15) is 18.4 Å². The van der Waals surface area contributed by atoms with Crippen molar-refractivity contribution in [1.29, 1.82) is 5.26 Å². The van der Waals surface area contributed by atoms with E-state index in [-0.39, 0.29) is 22.0 Å². The van der Waals surface area contributed by atoms with Crippen LogP contribution in [0.15, 0.2) is 36.4 Å². The van der Waals surface area contributed by atoms with Crippen LogP contribution in [0, 0.1) is 11.3 Å². The summed E-state index contributed by atoms with van der Waals surface area (Å²) < 4.78 is 38.1. The fourth-order valence-corrected chi connectivity index (χ4v) is 1.88. The molecule has 0 unspecified atom stereocenters. The van der Waals surface area contributed by atoms with Crippen molar-refractivity contribution < 1.29 is 13.2 Å². The Morgan fingerprint density at radius 2 is 1.86 bits per heavy atom. The molecule has 0 amide bonds. The Labute approximate surface area is 123 Å². The molecule has 2 aromatic carbocycles. The van der Waals surface area contributed by atoms with E-state index in [0.29, 0.717) is 5.69 Å². The third kappa shape index (κ3) is 3.20. The Morgan fingerprint density at radius 3 is 2.48 bits per heavy atom. The summed E-state index contributed by atoms with van der Waals surface area (Å²) in [5.74, 6) is 0. The largest absolute Gasteiger partial charge is 0.416 e. The van der Waals surface area contributed by atoms with Crippen LogP contribution in [0.1, 0.15) is 11.1 Å². The number of nitrogens with two attached hydrogens (primary N) is 1. The standard InChI is InChI=1S/C14H9ClF3N3/c15-10-5-4-9(14(16,17)18)6-12(10)21-11-3-1-2-8(7-19)13(11)20/h1-6,21H,20H2. The number of para-hydroxylation sites is 1. The van der Waals surface area contributed by atoms with Crippen LogP contribution in [0.4, 0.5) is 30.2 Å². The highest BCUT2D eigenvalue weighted by Gasteiger charge is 2.31. The van der Waals surface area contributed by atoms with E-state index in [1.165, 1.54) is 6.07 Å². The molecule has 0 radical (unpaired) electrons. The van der Waals surface area contributed by atoms with Crippen LogP contribution in [-0.2, 0) is 6.18 Å². The summed E-state index contributed by atoms with van der Waals surface area (Å²) in [7, 11) is 0. The predicted molar refractivity (Wildman–Crippen MR) is 75.3 cm³/mol. The Balaban J connectivity index is 2.43. The third-order valence-corrected chi connectivity index (χ3v) is 3.12. The second-order valence-electron chi connectivity index (χ2n) is 4.20. The van der Waals surface area contributed by atoms with Gasteiger partial charge < -0.3 is 11.1 Å². The van der Waals surface area contributed by atoms with Gasteiger partial charge in [0.1, 0.15) is 6.07 Å².